The predicted molar refractivity (Wildman–Crippen MR) is 113 cm³/mol. The van der Waals surface area contributed by atoms with Gasteiger partial charge in [-0.1, -0.05) is 42.0 Å². The molecule has 1 unspecified atom stereocenters. The Morgan fingerprint density at radius 1 is 1.04 bits per heavy atom. The molecule has 0 N–H and O–H groups in total. The maximum atomic E-state index is 13.2. The number of hydrogen-bond acceptors (Lipinski definition) is 4. The van der Waals surface area contributed by atoms with Gasteiger partial charge in [0.15, 0.2) is 6.10 Å². The molecule has 0 saturated heterocycles. The summed E-state index contributed by atoms with van der Waals surface area (Å²) in [6.45, 7) is 4.82. The van der Waals surface area contributed by atoms with Crippen LogP contribution in [0, 0.1) is 6.92 Å². The van der Waals surface area contributed by atoms with Crippen molar-refractivity contribution in [2.24, 2.45) is 0 Å². The zero-order valence-corrected chi connectivity index (χ0v) is 17.2. The summed E-state index contributed by atoms with van der Waals surface area (Å²) in [5.74, 6) is 1.42. The second kappa shape index (κ2) is 9.42. The van der Waals surface area contributed by atoms with Crippen molar-refractivity contribution in [3.63, 3.8) is 0 Å². The molecule has 146 valence electrons. The summed E-state index contributed by atoms with van der Waals surface area (Å²) in [6, 6.07) is 19.6. The van der Waals surface area contributed by atoms with Gasteiger partial charge in [0.25, 0.3) is 5.91 Å². The second-order valence-electron chi connectivity index (χ2n) is 6.66. The largest absolute Gasteiger partial charge is 0.496 e. The Morgan fingerprint density at radius 3 is 2.46 bits per heavy atom. The maximum Gasteiger partial charge on any atom is 0.263 e. The van der Waals surface area contributed by atoms with Gasteiger partial charge in [0.05, 0.1) is 13.7 Å². The van der Waals surface area contributed by atoms with E-state index in [1.165, 1.54) is 0 Å². The zero-order valence-electron chi connectivity index (χ0n) is 16.4. The van der Waals surface area contributed by atoms with Crippen LogP contribution in [0.1, 0.15) is 22.9 Å². The average Bonchev–Trinajstić information content (AvgIpc) is 3.22. The van der Waals surface area contributed by atoms with Crippen LogP contribution in [0.2, 0.25) is 0 Å². The van der Waals surface area contributed by atoms with Gasteiger partial charge in [-0.25, -0.2) is 0 Å². The molecule has 0 bridgehead atoms. The molecule has 3 rings (SSSR count). The highest BCUT2D eigenvalue weighted by Crippen LogP contribution is 2.23. The van der Waals surface area contributed by atoms with E-state index < -0.39 is 6.10 Å². The Hall–Kier alpha value is -2.79. The molecular formula is C23H25NO3S. The summed E-state index contributed by atoms with van der Waals surface area (Å²) in [6.07, 6.45) is -0.586. The Morgan fingerprint density at radius 2 is 1.79 bits per heavy atom. The van der Waals surface area contributed by atoms with Gasteiger partial charge in [-0.15, -0.1) is 11.3 Å². The molecule has 5 heteroatoms. The van der Waals surface area contributed by atoms with Gasteiger partial charge in [-0.2, -0.15) is 0 Å². The monoisotopic (exact) mass is 395 g/mol. The van der Waals surface area contributed by atoms with E-state index in [4.69, 9.17) is 9.47 Å². The van der Waals surface area contributed by atoms with Crippen molar-refractivity contribution >= 4 is 17.2 Å². The lowest BCUT2D eigenvalue weighted by atomic mass is 10.1. The zero-order chi connectivity index (χ0) is 19.9. The summed E-state index contributed by atoms with van der Waals surface area (Å²) < 4.78 is 11.4. The molecule has 3 aromatic rings. The van der Waals surface area contributed by atoms with Crippen LogP contribution in [0.4, 0.5) is 0 Å². The number of carbonyl (C=O) groups excluding carboxylic acids is 1. The van der Waals surface area contributed by atoms with Crippen molar-refractivity contribution in [2.75, 3.05) is 7.11 Å². The molecule has 4 nitrogen and oxygen atoms in total. The standard InChI is InChI=1S/C23H25NO3S/c1-17-10-12-20(13-11-17)27-18(2)23(25)24(16-21-8-6-14-28-21)15-19-7-4-5-9-22(19)26-3/h4-14,18H,15-16H2,1-3H3. The third-order valence-electron chi connectivity index (χ3n) is 4.47. The van der Waals surface area contributed by atoms with E-state index >= 15 is 0 Å². The van der Waals surface area contributed by atoms with Crippen LogP contribution in [-0.4, -0.2) is 24.0 Å². The molecule has 0 fully saturated rings. The molecule has 0 aliphatic heterocycles. The van der Waals surface area contributed by atoms with Gasteiger partial charge in [0.1, 0.15) is 11.5 Å². The minimum absolute atomic E-state index is 0.0557. The molecule has 1 aromatic heterocycles. The SMILES string of the molecule is COc1ccccc1CN(Cc1cccs1)C(=O)C(C)Oc1ccc(C)cc1. The lowest BCUT2D eigenvalue weighted by Crippen LogP contribution is -2.39. The fourth-order valence-corrected chi connectivity index (χ4v) is 3.69. The van der Waals surface area contributed by atoms with Crippen molar-refractivity contribution in [3.8, 4) is 11.5 Å². The van der Waals surface area contributed by atoms with Crippen LogP contribution in [0.5, 0.6) is 11.5 Å². The van der Waals surface area contributed by atoms with Crippen LogP contribution in [0.15, 0.2) is 66.0 Å². The van der Waals surface area contributed by atoms with Gasteiger partial charge in [-0.05, 0) is 43.5 Å². The van der Waals surface area contributed by atoms with Crippen molar-refractivity contribution in [2.45, 2.75) is 33.0 Å². The minimum atomic E-state index is -0.586. The molecule has 28 heavy (non-hydrogen) atoms. The predicted octanol–water partition coefficient (Wildman–Crippen LogP) is 5.06. The average molecular weight is 396 g/mol. The van der Waals surface area contributed by atoms with Crippen LogP contribution >= 0.6 is 11.3 Å². The number of rotatable bonds is 8. The van der Waals surface area contributed by atoms with Gasteiger partial charge >= 0.3 is 0 Å². The van der Waals surface area contributed by atoms with E-state index in [2.05, 4.69) is 0 Å². The summed E-state index contributed by atoms with van der Waals surface area (Å²) in [7, 11) is 1.65. The number of amides is 1. The number of benzene rings is 2. The molecule has 0 spiro atoms. The molecule has 0 aliphatic carbocycles. The fourth-order valence-electron chi connectivity index (χ4n) is 2.97. The Kier molecular flexibility index (Phi) is 6.71. The molecular weight excluding hydrogens is 370 g/mol. The van der Waals surface area contributed by atoms with Crippen LogP contribution < -0.4 is 9.47 Å². The minimum Gasteiger partial charge on any atom is -0.496 e. The highest BCUT2D eigenvalue weighted by Gasteiger charge is 2.24. The molecule has 0 saturated carbocycles. The van der Waals surface area contributed by atoms with E-state index in [0.717, 1.165) is 21.8 Å². The van der Waals surface area contributed by atoms with Crippen molar-refractivity contribution < 1.29 is 14.3 Å². The van der Waals surface area contributed by atoms with Crippen LogP contribution in [0.25, 0.3) is 0 Å². The van der Waals surface area contributed by atoms with E-state index in [9.17, 15) is 4.79 Å². The summed E-state index contributed by atoms with van der Waals surface area (Å²) in [4.78, 5) is 16.2. The Bertz CT molecular complexity index is 890. The Labute approximate surface area is 170 Å². The molecule has 0 radical (unpaired) electrons. The summed E-state index contributed by atoms with van der Waals surface area (Å²) >= 11 is 1.64. The fraction of sp³-hybridized carbons (Fsp3) is 0.261. The molecule has 1 atom stereocenters. The highest BCUT2D eigenvalue weighted by atomic mass is 32.1. The smallest absolute Gasteiger partial charge is 0.263 e. The van der Waals surface area contributed by atoms with E-state index in [0.29, 0.717) is 18.8 Å². The van der Waals surface area contributed by atoms with Gasteiger partial charge in [0.2, 0.25) is 0 Å². The maximum absolute atomic E-state index is 13.2. The van der Waals surface area contributed by atoms with Gasteiger partial charge in [0, 0.05) is 17.0 Å². The molecule has 1 heterocycles. The Balaban J connectivity index is 1.78. The van der Waals surface area contributed by atoms with E-state index in [1.807, 2.05) is 77.9 Å². The van der Waals surface area contributed by atoms with Crippen molar-refractivity contribution in [1.82, 2.24) is 4.90 Å². The van der Waals surface area contributed by atoms with Crippen molar-refractivity contribution in [3.05, 3.63) is 82.0 Å². The lowest BCUT2D eigenvalue weighted by Gasteiger charge is -2.26. The van der Waals surface area contributed by atoms with Gasteiger partial charge in [-0.3, -0.25) is 4.79 Å². The third kappa shape index (κ3) is 5.14. The number of thiophene rings is 1. The number of methoxy groups -OCH3 is 1. The number of ether oxygens (including phenoxy) is 2. The molecule has 0 aliphatic rings. The van der Waals surface area contributed by atoms with Crippen LogP contribution in [0.3, 0.4) is 0 Å². The summed E-state index contributed by atoms with van der Waals surface area (Å²) in [5.41, 5.74) is 2.12. The first kappa shape index (κ1) is 20.0. The first-order valence-electron chi connectivity index (χ1n) is 9.23. The quantitative estimate of drug-likeness (QED) is 0.535. The molecule has 1 amide bonds. The first-order valence-corrected chi connectivity index (χ1v) is 10.1. The van der Waals surface area contributed by atoms with E-state index in [1.54, 1.807) is 25.4 Å². The van der Waals surface area contributed by atoms with Gasteiger partial charge < -0.3 is 14.4 Å². The number of nitrogens with zero attached hydrogens (tertiary/aromatic N) is 1. The topological polar surface area (TPSA) is 38.8 Å². The highest BCUT2D eigenvalue weighted by molar-refractivity contribution is 7.09. The normalized spacial score (nSPS) is 11.7. The lowest BCUT2D eigenvalue weighted by molar-refractivity contribution is -0.139. The third-order valence-corrected chi connectivity index (χ3v) is 5.33. The second-order valence-corrected chi connectivity index (χ2v) is 7.69. The van der Waals surface area contributed by atoms with Crippen molar-refractivity contribution in [1.29, 1.82) is 0 Å². The first-order chi connectivity index (χ1) is 13.6. The number of hydrogen-bond donors (Lipinski definition) is 0. The number of para-hydroxylation sites is 1. The van der Waals surface area contributed by atoms with Crippen LogP contribution in [-0.2, 0) is 17.9 Å². The number of carbonyl (C=O) groups is 1. The summed E-state index contributed by atoms with van der Waals surface area (Å²) in [5, 5.41) is 2.02. The number of aryl methyl sites for hydroxylation is 1. The molecule has 2 aromatic carbocycles. The van der Waals surface area contributed by atoms with E-state index in [-0.39, 0.29) is 5.91 Å².